The van der Waals surface area contributed by atoms with Crippen molar-refractivity contribution in [3.05, 3.63) is 105 Å². The van der Waals surface area contributed by atoms with E-state index in [1.807, 2.05) is 74.5 Å². The molecule has 0 aliphatic rings. The highest BCUT2D eigenvalue weighted by Gasteiger charge is 2.30. The lowest BCUT2D eigenvalue weighted by Crippen LogP contribution is -2.52. The van der Waals surface area contributed by atoms with E-state index in [2.05, 4.69) is 5.32 Å². The number of benzene rings is 3. The summed E-state index contributed by atoms with van der Waals surface area (Å²) in [5.74, 6) is 0.569. The summed E-state index contributed by atoms with van der Waals surface area (Å²) in [6, 6.07) is 21.8. The van der Waals surface area contributed by atoms with Gasteiger partial charge in [-0.05, 0) is 54.8 Å². The lowest BCUT2D eigenvalue weighted by Gasteiger charge is -2.32. The van der Waals surface area contributed by atoms with Crippen molar-refractivity contribution in [3.63, 3.8) is 0 Å². The van der Waals surface area contributed by atoms with Gasteiger partial charge in [0.05, 0.1) is 15.8 Å². The third kappa shape index (κ3) is 8.74. The second-order valence-corrected chi connectivity index (χ2v) is 11.0. The Labute approximate surface area is 232 Å². The third-order valence-electron chi connectivity index (χ3n) is 5.45. The normalized spacial score (nSPS) is 11.8. The van der Waals surface area contributed by atoms with Gasteiger partial charge in [0.1, 0.15) is 6.04 Å². The summed E-state index contributed by atoms with van der Waals surface area (Å²) in [4.78, 5) is 28.6. The second-order valence-electron chi connectivity index (χ2n) is 8.76. The van der Waals surface area contributed by atoms with E-state index in [9.17, 15) is 9.59 Å². The van der Waals surface area contributed by atoms with Crippen molar-refractivity contribution < 1.29 is 9.59 Å². The van der Waals surface area contributed by atoms with Gasteiger partial charge in [-0.25, -0.2) is 0 Å². The van der Waals surface area contributed by atoms with Crippen LogP contribution < -0.4 is 5.32 Å². The van der Waals surface area contributed by atoms with Crippen LogP contribution in [0.1, 0.15) is 30.5 Å². The maximum Gasteiger partial charge on any atom is 0.243 e. The fraction of sp³-hybridized carbons (Fsp3) is 0.286. The maximum absolute atomic E-state index is 13.6. The Bertz CT molecular complexity index is 1160. The van der Waals surface area contributed by atoms with Crippen molar-refractivity contribution in [1.29, 1.82) is 0 Å². The number of nitrogens with zero attached hydrogens (tertiary/aromatic N) is 1. The van der Waals surface area contributed by atoms with E-state index < -0.39 is 6.04 Å². The second kappa shape index (κ2) is 13.9. The van der Waals surface area contributed by atoms with Gasteiger partial charge >= 0.3 is 0 Å². The molecule has 0 fully saturated rings. The molecule has 1 N–H and O–H groups in total. The molecule has 0 heterocycles. The molecule has 36 heavy (non-hydrogen) atoms. The van der Waals surface area contributed by atoms with Gasteiger partial charge in [-0.2, -0.15) is 0 Å². The van der Waals surface area contributed by atoms with Crippen molar-refractivity contribution in [3.8, 4) is 0 Å². The number of nitrogens with one attached hydrogen (secondary N) is 1. The molecule has 0 unspecified atom stereocenters. The van der Waals surface area contributed by atoms with E-state index in [0.29, 0.717) is 27.2 Å². The molecule has 0 aliphatic carbocycles. The summed E-state index contributed by atoms with van der Waals surface area (Å²) < 4.78 is 0. The molecule has 0 radical (unpaired) electrons. The predicted molar refractivity (Wildman–Crippen MR) is 152 cm³/mol. The summed E-state index contributed by atoms with van der Waals surface area (Å²) in [5, 5.41) is 4.51. The van der Waals surface area contributed by atoms with Crippen LogP contribution >= 0.6 is 46.6 Å². The van der Waals surface area contributed by atoms with Gasteiger partial charge in [0.15, 0.2) is 0 Å². The smallest absolute Gasteiger partial charge is 0.243 e. The molecule has 0 saturated heterocycles. The molecule has 3 rings (SSSR count). The summed E-state index contributed by atoms with van der Waals surface area (Å²) in [6.07, 6.45) is 0.397. The Kier molecular flexibility index (Phi) is 11.0. The highest BCUT2D eigenvalue weighted by molar-refractivity contribution is 7.99. The number of halogens is 3. The van der Waals surface area contributed by atoms with E-state index in [0.717, 1.165) is 16.7 Å². The van der Waals surface area contributed by atoms with Gasteiger partial charge in [0, 0.05) is 29.8 Å². The molecule has 190 valence electrons. The van der Waals surface area contributed by atoms with E-state index in [1.54, 1.807) is 17.0 Å². The van der Waals surface area contributed by atoms with Gasteiger partial charge in [0.2, 0.25) is 11.8 Å². The monoisotopic (exact) mass is 562 g/mol. The van der Waals surface area contributed by atoms with Crippen molar-refractivity contribution in [1.82, 2.24) is 10.2 Å². The van der Waals surface area contributed by atoms with Crippen LogP contribution in [0.4, 0.5) is 0 Å². The first-order valence-electron chi connectivity index (χ1n) is 11.6. The Morgan fingerprint density at radius 1 is 0.861 bits per heavy atom. The molecule has 4 nitrogen and oxygen atoms in total. The fourth-order valence-electron chi connectivity index (χ4n) is 3.69. The minimum Gasteiger partial charge on any atom is -0.352 e. The molecular formula is C28H29Cl3N2O2S. The highest BCUT2D eigenvalue weighted by atomic mass is 35.5. The molecule has 8 heteroatoms. The van der Waals surface area contributed by atoms with Crippen molar-refractivity contribution >= 4 is 58.4 Å². The van der Waals surface area contributed by atoms with E-state index in [1.165, 1.54) is 11.8 Å². The number of carbonyl (C=O) groups is 2. The fourth-order valence-corrected chi connectivity index (χ4v) is 5.01. The Morgan fingerprint density at radius 2 is 1.53 bits per heavy atom. The van der Waals surface area contributed by atoms with Crippen LogP contribution in [0, 0.1) is 0 Å². The standard InChI is InChI=1S/C28H29Cl3N2O2S/c1-19(2)32-28(35)26(15-20-6-4-3-5-7-20)33(16-22-10-13-24(30)25(31)14-22)27(34)18-36-17-21-8-11-23(29)12-9-21/h3-14,19,26H,15-18H2,1-2H3,(H,32,35)/t26-/m1/s1. The van der Waals surface area contributed by atoms with Crippen LogP contribution in [0.3, 0.4) is 0 Å². The number of amides is 2. The van der Waals surface area contributed by atoms with Gasteiger partial charge in [-0.15, -0.1) is 11.8 Å². The summed E-state index contributed by atoms with van der Waals surface area (Å²) in [5.41, 5.74) is 2.85. The first-order chi connectivity index (χ1) is 17.2. The largest absolute Gasteiger partial charge is 0.352 e. The number of hydrogen-bond donors (Lipinski definition) is 1. The lowest BCUT2D eigenvalue weighted by atomic mass is 10.0. The zero-order valence-electron chi connectivity index (χ0n) is 20.2. The predicted octanol–water partition coefficient (Wildman–Crippen LogP) is 7.04. The topological polar surface area (TPSA) is 49.4 Å². The van der Waals surface area contributed by atoms with Crippen LogP contribution in [-0.4, -0.2) is 34.6 Å². The van der Waals surface area contributed by atoms with Crippen molar-refractivity contribution in [2.24, 2.45) is 0 Å². The van der Waals surface area contributed by atoms with Gasteiger partial charge in [0.25, 0.3) is 0 Å². The molecule has 3 aromatic rings. The first kappa shape index (κ1) is 28.4. The lowest BCUT2D eigenvalue weighted by molar-refractivity contribution is -0.139. The van der Waals surface area contributed by atoms with E-state index in [-0.39, 0.29) is 30.2 Å². The first-order valence-corrected chi connectivity index (χ1v) is 13.9. The molecule has 0 aromatic heterocycles. The molecule has 0 spiro atoms. The maximum atomic E-state index is 13.6. The van der Waals surface area contributed by atoms with E-state index >= 15 is 0 Å². The third-order valence-corrected chi connectivity index (χ3v) is 7.43. The summed E-state index contributed by atoms with van der Waals surface area (Å²) in [6.45, 7) is 4.05. The average molecular weight is 564 g/mol. The molecule has 0 saturated carbocycles. The minimum absolute atomic E-state index is 0.0584. The quantitative estimate of drug-likeness (QED) is 0.272. The highest BCUT2D eigenvalue weighted by Crippen LogP contribution is 2.25. The minimum atomic E-state index is -0.687. The van der Waals surface area contributed by atoms with Crippen LogP contribution in [0.25, 0.3) is 0 Å². The van der Waals surface area contributed by atoms with Crippen molar-refractivity contribution in [2.45, 2.75) is 44.6 Å². The van der Waals surface area contributed by atoms with Crippen LogP contribution in [0.15, 0.2) is 72.8 Å². The Hall–Kier alpha value is -2.18. The Morgan fingerprint density at radius 3 is 2.17 bits per heavy atom. The number of thioether (sulfide) groups is 1. The molecule has 1 atom stereocenters. The summed E-state index contributed by atoms with van der Waals surface area (Å²) in [7, 11) is 0. The zero-order chi connectivity index (χ0) is 26.1. The molecule has 3 aromatic carbocycles. The molecular weight excluding hydrogens is 535 g/mol. The SMILES string of the molecule is CC(C)NC(=O)[C@@H](Cc1ccccc1)N(Cc1ccc(Cl)c(Cl)c1)C(=O)CSCc1ccc(Cl)cc1. The van der Waals surface area contributed by atoms with Crippen molar-refractivity contribution in [2.75, 3.05) is 5.75 Å². The van der Waals surface area contributed by atoms with Gasteiger partial charge in [-0.1, -0.05) is 83.3 Å². The molecule has 2 amide bonds. The van der Waals surface area contributed by atoms with Gasteiger partial charge in [-0.3, -0.25) is 9.59 Å². The zero-order valence-corrected chi connectivity index (χ0v) is 23.3. The number of hydrogen-bond acceptors (Lipinski definition) is 3. The van der Waals surface area contributed by atoms with Crippen LogP contribution in [0.2, 0.25) is 15.1 Å². The molecule has 0 aliphatic heterocycles. The number of rotatable bonds is 11. The van der Waals surface area contributed by atoms with E-state index in [4.69, 9.17) is 34.8 Å². The van der Waals surface area contributed by atoms with Crippen LogP contribution in [0.5, 0.6) is 0 Å². The molecule has 0 bridgehead atoms. The summed E-state index contributed by atoms with van der Waals surface area (Å²) >= 11 is 19.8. The average Bonchev–Trinajstić information content (AvgIpc) is 2.85. The Balaban J connectivity index is 1.86. The van der Waals surface area contributed by atoms with Gasteiger partial charge < -0.3 is 10.2 Å². The number of carbonyl (C=O) groups excluding carboxylic acids is 2. The van der Waals surface area contributed by atoms with Crippen LogP contribution in [-0.2, 0) is 28.3 Å².